The Morgan fingerprint density at radius 3 is 1.18 bits per heavy atom. The van der Waals surface area contributed by atoms with Gasteiger partial charge >= 0.3 is 0 Å². The summed E-state index contributed by atoms with van der Waals surface area (Å²) in [4.78, 5) is 23.7. The van der Waals surface area contributed by atoms with Gasteiger partial charge in [-0.25, -0.2) is 0 Å². The van der Waals surface area contributed by atoms with Crippen molar-refractivity contribution in [2.45, 2.75) is 0 Å². The average Bonchev–Trinajstić information content (AvgIpc) is 3.38. The molecule has 13 rings (SSSR count). The van der Waals surface area contributed by atoms with Crippen molar-refractivity contribution in [2.75, 3.05) is 0 Å². The number of rotatable bonds is 3. The molecule has 13 aromatic rings. The number of hydrogen-bond acceptors (Lipinski definition) is 5. The number of para-hydroxylation sites is 4. The molecule has 0 saturated carbocycles. The molecule has 327 valence electrons. The van der Waals surface area contributed by atoms with Crippen molar-refractivity contribution in [1.29, 1.82) is 0 Å². The van der Waals surface area contributed by atoms with Crippen LogP contribution < -0.4 is 0 Å². The molecule has 0 N–H and O–H groups in total. The van der Waals surface area contributed by atoms with Crippen molar-refractivity contribution in [3.8, 4) is 34.0 Å². The average molecular weight is 1390 g/mol. The monoisotopic (exact) mass is 1390 g/mol. The zero-order chi connectivity index (χ0) is 42.7. The molecular weight excluding hydrogens is 1360 g/mol. The second kappa shape index (κ2) is 21.3. The molecule has 0 atom stereocenters. The first-order valence-electron chi connectivity index (χ1n) is 21.2. The third-order valence-corrected chi connectivity index (χ3v) is 11.4. The van der Waals surface area contributed by atoms with E-state index in [2.05, 4.69) is 132 Å². The van der Waals surface area contributed by atoms with Crippen molar-refractivity contribution in [3.05, 3.63) is 237 Å². The van der Waals surface area contributed by atoms with Gasteiger partial charge in [0, 0.05) is 82.0 Å². The normalized spacial score (nSPS) is 10.6. The molecule has 5 aromatic heterocycles. The number of pyridine rings is 5. The maximum absolute atomic E-state index is 4.89. The van der Waals surface area contributed by atoms with Gasteiger partial charge in [-0.15, -0.1) is 48.0 Å². The van der Waals surface area contributed by atoms with E-state index in [1.807, 2.05) is 103 Å². The van der Waals surface area contributed by atoms with Crippen molar-refractivity contribution in [2.24, 2.45) is 0 Å². The fourth-order valence-corrected chi connectivity index (χ4v) is 8.41. The Balaban J connectivity index is 0.000000134. The molecule has 0 unspecified atom stereocenters. The second-order valence-corrected chi connectivity index (χ2v) is 15.3. The molecule has 0 bridgehead atoms. The predicted molar refractivity (Wildman–Crippen MR) is 264 cm³/mol. The Kier molecular flexibility index (Phi) is 14.9. The second-order valence-electron chi connectivity index (χ2n) is 15.3. The maximum Gasteiger partial charge on any atom is 0.0601 e. The van der Waals surface area contributed by atoms with Crippen LogP contribution in [0.25, 0.3) is 110 Å². The topological polar surface area (TPSA) is 64.5 Å². The predicted octanol–water partition coefficient (Wildman–Crippen LogP) is 14.5. The summed E-state index contributed by atoms with van der Waals surface area (Å²) in [5, 5.41) is 11.7. The first kappa shape index (κ1) is 46.8. The van der Waals surface area contributed by atoms with E-state index in [9.17, 15) is 0 Å². The quantitative estimate of drug-likeness (QED) is 0.130. The Morgan fingerprint density at radius 2 is 0.687 bits per heavy atom. The summed E-state index contributed by atoms with van der Waals surface area (Å²) in [6.07, 6.45) is 1.78. The van der Waals surface area contributed by atoms with Gasteiger partial charge < -0.3 is 9.97 Å². The zero-order valence-electron chi connectivity index (χ0n) is 35.5. The molecule has 8 aromatic carbocycles. The van der Waals surface area contributed by atoms with Crippen molar-refractivity contribution < 1.29 is 60.3 Å². The fourth-order valence-electron chi connectivity index (χ4n) is 8.41. The van der Waals surface area contributed by atoms with E-state index in [1.54, 1.807) is 6.20 Å². The largest absolute Gasteiger partial charge is 0.309 e. The molecular formula is C59H36Ir3N5-3. The van der Waals surface area contributed by atoms with Crippen LogP contribution in [0.5, 0.6) is 0 Å². The van der Waals surface area contributed by atoms with Gasteiger partial charge in [0.05, 0.1) is 16.6 Å². The first-order valence-corrected chi connectivity index (χ1v) is 21.2. The van der Waals surface area contributed by atoms with Crippen LogP contribution in [0, 0.1) is 18.2 Å². The van der Waals surface area contributed by atoms with Gasteiger partial charge in [-0.2, -0.15) is 24.3 Å². The summed E-state index contributed by atoms with van der Waals surface area (Å²) in [7, 11) is 0. The maximum atomic E-state index is 4.89. The van der Waals surface area contributed by atoms with Crippen LogP contribution in [0.1, 0.15) is 0 Å². The minimum Gasteiger partial charge on any atom is -0.309 e. The van der Waals surface area contributed by atoms with E-state index < -0.39 is 0 Å². The summed E-state index contributed by atoms with van der Waals surface area (Å²) >= 11 is 0. The van der Waals surface area contributed by atoms with E-state index in [4.69, 9.17) is 19.9 Å². The van der Waals surface area contributed by atoms with E-state index in [-0.39, 0.29) is 60.3 Å². The number of hydrogen-bond donors (Lipinski definition) is 0. The summed E-state index contributed by atoms with van der Waals surface area (Å²) in [5.41, 5.74) is 9.34. The van der Waals surface area contributed by atoms with Crippen molar-refractivity contribution >= 4 is 75.9 Å². The molecule has 0 aliphatic carbocycles. The first-order chi connectivity index (χ1) is 31.8. The Bertz CT molecular complexity index is 3660. The van der Waals surface area contributed by atoms with Crippen LogP contribution in [0.4, 0.5) is 0 Å². The standard InChI is InChI=1S/C22H13N2.C19H12N.C18H11N2.3Ir/c1-5-11-19-15(7-1)13-14-21(23-19)22-18-10-3-2-8-16(18)17-9-4-6-12-20(17)24-22;1-2-8-14(9-3-1)19-17-12-5-4-10-15(17)16-11-6-7-13-18(16)20-19;1-2-9-15-13(7-1)14-8-3-4-10-16(14)20-18(15)17-11-5-6-12-19-17;;;/h1-13H;1-8,10-13H;1-10,12H;;;/q3*-1;;;. The van der Waals surface area contributed by atoms with E-state index >= 15 is 0 Å². The van der Waals surface area contributed by atoms with Crippen LogP contribution in [0.15, 0.2) is 219 Å². The third-order valence-electron chi connectivity index (χ3n) is 11.4. The van der Waals surface area contributed by atoms with Crippen molar-refractivity contribution in [3.63, 3.8) is 0 Å². The summed E-state index contributed by atoms with van der Waals surface area (Å²) in [5.74, 6) is 0. The molecule has 0 aliphatic rings. The molecule has 5 nitrogen and oxygen atoms in total. The molecule has 8 heteroatoms. The molecule has 0 aliphatic heterocycles. The Labute approximate surface area is 428 Å². The number of nitrogens with zero attached hydrogens (tertiary/aromatic N) is 5. The molecule has 0 amide bonds. The van der Waals surface area contributed by atoms with Crippen molar-refractivity contribution in [1.82, 2.24) is 24.9 Å². The van der Waals surface area contributed by atoms with Crippen LogP contribution >= 0.6 is 0 Å². The number of fused-ring (bicyclic) bond motifs is 10. The van der Waals surface area contributed by atoms with Gasteiger partial charge in [0.2, 0.25) is 0 Å². The molecule has 3 radical (unpaired) electrons. The fraction of sp³-hybridized carbons (Fsp3) is 0. The minimum atomic E-state index is 0. The number of benzene rings is 8. The van der Waals surface area contributed by atoms with Crippen LogP contribution in [0.2, 0.25) is 0 Å². The van der Waals surface area contributed by atoms with Gasteiger partial charge in [0.15, 0.2) is 0 Å². The molecule has 67 heavy (non-hydrogen) atoms. The van der Waals surface area contributed by atoms with Gasteiger partial charge in [0.1, 0.15) is 0 Å². The smallest absolute Gasteiger partial charge is 0.0601 e. The summed E-state index contributed by atoms with van der Waals surface area (Å²) in [6.45, 7) is 0. The van der Waals surface area contributed by atoms with E-state index in [1.165, 1.54) is 32.3 Å². The van der Waals surface area contributed by atoms with E-state index in [0.29, 0.717) is 0 Å². The molecule has 5 heterocycles. The molecule has 0 saturated heterocycles. The molecule has 0 spiro atoms. The Morgan fingerprint density at radius 1 is 0.284 bits per heavy atom. The van der Waals surface area contributed by atoms with Gasteiger partial charge in [-0.1, -0.05) is 145 Å². The SMILES string of the molecule is [Ir].[Ir].[Ir].[c-]1cc2ccccc2nc1-c1nc2ccccc2c2ccccc12.[c-]1ccccc1-c1nc2ccccc2c2ccccc12.[c-]1cccnc1-c1nc2ccccc2c2ccccc12. The molecule has 0 fully saturated rings. The Hall–Kier alpha value is -6.72. The van der Waals surface area contributed by atoms with E-state index in [0.717, 1.165) is 77.6 Å². The minimum absolute atomic E-state index is 0. The van der Waals surface area contributed by atoms with Gasteiger partial charge in [-0.05, 0) is 91.2 Å². The van der Waals surface area contributed by atoms with Crippen LogP contribution in [-0.4, -0.2) is 24.9 Å². The zero-order valence-corrected chi connectivity index (χ0v) is 42.7. The number of aromatic nitrogens is 5. The van der Waals surface area contributed by atoms with Gasteiger partial charge in [0.25, 0.3) is 0 Å². The third kappa shape index (κ3) is 9.47. The summed E-state index contributed by atoms with van der Waals surface area (Å²) < 4.78 is 0. The van der Waals surface area contributed by atoms with Crippen LogP contribution in [-0.2, 0) is 60.3 Å². The van der Waals surface area contributed by atoms with Gasteiger partial charge in [-0.3, -0.25) is 15.0 Å². The van der Waals surface area contributed by atoms with Crippen LogP contribution in [0.3, 0.4) is 0 Å². The summed E-state index contributed by atoms with van der Waals surface area (Å²) in [6, 6.07) is 81.4.